The highest BCUT2D eigenvalue weighted by atomic mass is 32.1. The Balaban J connectivity index is 1.70. The molecule has 184 valence electrons. The van der Waals surface area contributed by atoms with E-state index in [9.17, 15) is 23.9 Å². The number of benzene rings is 1. The summed E-state index contributed by atoms with van der Waals surface area (Å²) in [6, 6.07) is 5.49. The SMILES string of the molecule is CC(=O)N(C)C[C@@H]1Cn2cc(-c3nnc(Cc4ccc(F)cc4)s3)c(=O)c(O)c2C(=O)N1C(C)C. The maximum Gasteiger partial charge on any atom is 0.275 e. The normalized spacial score (nSPS) is 15.4. The molecule has 0 saturated heterocycles. The number of rotatable bonds is 6. The Morgan fingerprint density at radius 3 is 2.57 bits per heavy atom. The minimum absolute atomic E-state index is 0.0785. The summed E-state index contributed by atoms with van der Waals surface area (Å²) in [6.45, 7) is 5.75. The van der Waals surface area contributed by atoms with Crippen molar-refractivity contribution in [2.45, 2.75) is 45.8 Å². The Labute approximate surface area is 205 Å². The van der Waals surface area contributed by atoms with Gasteiger partial charge in [-0.05, 0) is 31.5 Å². The lowest BCUT2D eigenvalue weighted by Crippen LogP contribution is -2.56. The number of aromatic nitrogens is 3. The molecule has 0 spiro atoms. The third-order valence-corrected chi connectivity index (χ3v) is 6.99. The molecule has 1 N–H and O–H groups in total. The van der Waals surface area contributed by atoms with Gasteiger partial charge in [0, 0.05) is 45.7 Å². The van der Waals surface area contributed by atoms with Gasteiger partial charge in [0.1, 0.15) is 10.8 Å². The molecular formula is C24H26FN5O4S. The molecule has 2 aromatic heterocycles. The van der Waals surface area contributed by atoms with Gasteiger partial charge in [-0.1, -0.05) is 23.5 Å². The minimum atomic E-state index is -0.697. The van der Waals surface area contributed by atoms with Crippen LogP contribution in [0.2, 0.25) is 0 Å². The monoisotopic (exact) mass is 499 g/mol. The van der Waals surface area contributed by atoms with Crippen LogP contribution in [0.5, 0.6) is 5.75 Å². The number of carbonyl (C=O) groups excluding carboxylic acids is 2. The fraction of sp³-hybridized carbons (Fsp3) is 0.375. The van der Waals surface area contributed by atoms with E-state index in [0.717, 1.165) is 5.56 Å². The number of pyridine rings is 1. The van der Waals surface area contributed by atoms with Crippen LogP contribution in [0.4, 0.5) is 4.39 Å². The van der Waals surface area contributed by atoms with Crippen molar-refractivity contribution >= 4 is 23.2 Å². The number of likely N-dealkylation sites (N-methyl/N-ethyl adjacent to an activating group) is 1. The van der Waals surface area contributed by atoms with E-state index in [2.05, 4.69) is 10.2 Å². The molecule has 4 rings (SSSR count). The van der Waals surface area contributed by atoms with Crippen molar-refractivity contribution in [1.29, 1.82) is 0 Å². The topological polar surface area (TPSA) is 109 Å². The van der Waals surface area contributed by atoms with Crippen molar-refractivity contribution in [2.75, 3.05) is 13.6 Å². The van der Waals surface area contributed by atoms with E-state index < -0.39 is 17.1 Å². The first-order valence-electron chi connectivity index (χ1n) is 11.1. The van der Waals surface area contributed by atoms with Gasteiger partial charge in [-0.3, -0.25) is 14.4 Å². The fourth-order valence-electron chi connectivity index (χ4n) is 4.23. The van der Waals surface area contributed by atoms with E-state index in [1.165, 1.54) is 41.5 Å². The van der Waals surface area contributed by atoms with Crippen molar-refractivity contribution < 1.29 is 19.1 Å². The van der Waals surface area contributed by atoms with Crippen LogP contribution in [-0.2, 0) is 17.8 Å². The van der Waals surface area contributed by atoms with Gasteiger partial charge >= 0.3 is 0 Å². The number of hydrogen-bond donors (Lipinski definition) is 1. The maximum absolute atomic E-state index is 13.3. The molecule has 3 heterocycles. The molecule has 2 amide bonds. The fourth-order valence-corrected chi connectivity index (χ4v) is 5.11. The minimum Gasteiger partial charge on any atom is -0.503 e. The lowest BCUT2D eigenvalue weighted by Gasteiger charge is -2.41. The van der Waals surface area contributed by atoms with E-state index in [1.807, 2.05) is 13.8 Å². The Morgan fingerprint density at radius 1 is 1.26 bits per heavy atom. The third kappa shape index (κ3) is 4.81. The third-order valence-electron chi connectivity index (χ3n) is 6.04. The van der Waals surface area contributed by atoms with Gasteiger partial charge in [-0.2, -0.15) is 0 Å². The van der Waals surface area contributed by atoms with Crippen LogP contribution < -0.4 is 5.43 Å². The van der Waals surface area contributed by atoms with Gasteiger partial charge in [0.15, 0.2) is 16.5 Å². The molecular weight excluding hydrogens is 473 g/mol. The van der Waals surface area contributed by atoms with Crippen molar-refractivity contribution in [3.8, 4) is 16.3 Å². The van der Waals surface area contributed by atoms with Gasteiger partial charge < -0.3 is 19.5 Å². The van der Waals surface area contributed by atoms with Crippen molar-refractivity contribution in [3.05, 3.63) is 62.8 Å². The van der Waals surface area contributed by atoms with Crippen LogP contribution >= 0.6 is 11.3 Å². The van der Waals surface area contributed by atoms with E-state index in [0.29, 0.717) is 29.5 Å². The van der Waals surface area contributed by atoms with Crippen LogP contribution in [0.1, 0.15) is 41.8 Å². The van der Waals surface area contributed by atoms with E-state index in [-0.39, 0.29) is 35.1 Å². The summed E-state index contributed by atoms with van der Waals surface area (Å²) < 4.78 is 14.7. The second kappa shape index (κ2) is 9.57. The van der Waals surface area contributed by atoms with Crippen LogP contribution in [0, 0.1) is 5.82 Å². The number of fused-ring (bicyclic) bond motifs is 1. The first-order chi connectivity index (χ1) is 16.6. The molecule has 1 aliphatic heterocycles. The Morgan fingerprint density at radius 2 is 1.94 bits per heavy atom. The lowest BCUT2D eigenvalue weighted by molar-refractivity contribution is -0.128. The number of hydrogen-bond acceptors (Lipinski definition) is 7. The van der Waals surface area contributed by atoms with Gasteiger partial charge in [-0.15, -0.1) is 10.2 Å². The molecule has 1 aliphatic rings. The van der Waals surface area contributed by atoms with Gasteiger partial charge in [0.2, 0.25) is 11.3 Å². The van der Waals surface area contributed by atoms with Crippen molar-refractivity contribution in [3.63, 3.8) is 0 Å². The summed E-state index contributed by atoms with van der Waals surface area (Å²) >= 11 is 1.19. The van der Waals surface area contributed by atoms with Crippen LogP contribution in [0.25, 0.3) is 10.6 Å². The number of aromatic hydroxyl groups is 1. The molecule has 0 fully saturated rings. The summed E-state index contributed by atoms with van der Waals surface area (Å²) in [4.78, 5) is 41.3. The Kier molecular flexibility index (Phi) is 6.70. The first-order valence-corrected chi connectivity index (χ1v) is 12.0. The van der Waals surface area contributed by atoms with Crippen LogP contribution in [0.15, 0.2) is 35.3 Å². The van der Waals surface area contributed by atoms with Gasteiger partial charge in [0.25, 0.3) is 5.91 Å². The zero-order valence-electron chi connectivity index (χ0n) is 19.9. The highest BCUT2D eigenvalue weighted by Crippen LogP contribution is 2.30. The van der Waals surface area contributed by atoms with E-state index in [4.69, 9.17) is 0 Å². The predicted molar refractivity (Wildman–Crippen MR) is 129 cm³/mol. The summed E-state index contributed by atoms with van der Waals surface area (Å²) in [5.41, 5.74) is 0.205. The van der Waals surface area contributed by atoms with Gasteiger partial charge in [-0.25, -0.2) is 4.39 Å². The number of halogens is 1. The molecule has 0 unspecified atom stereocenters. The molecule has 0 aliphatic carbocycles. The van der Waals surface area contributed by atoms with Crippen LogP contribution in [-0.4, -0.2) is 67.2 Å². The number of carbonyl (C=O) groups is 2. The summed E-state index contributed by atoms with van der Waals surface area (Å²) in [5.74, 6) is -1.56. The molecule has 35 heavy (non-hydrogen) atoms. The van der Waals surface area contributed by atoms with E-state index in [1.54, 1.807) is 28.6 Å². The predicted octanol–water partition coefficient (Wildman–Crippen LogP) is 2.51. The molecule has 1 aromatic carbocycles. The molecule has 9 nitrogen and oxygen atoms in total. The Bertz CT molecular complexity index is 1330. The van der Waals surface area contributed by atoms with Crippen molar-refractivity contribution in [2.24, 2.45) is 0 Å². The molecule has 0 saturated carbocycles. The zero-order chi connectivity index (χ0) is 25.4. The second-order valence-corrected chi connectivity index (χ2v) is 9.95. The van der Waals surface area contributed by atoms with E-state index >= 15 is 0 Å². The highest BCUT2D eigenvalue weighted by molar-refractivity contribution is 7.14. The number of nitrogens with zero attached hydrogens (tertiary/aromatic N) is 5. The molecule has 11 heteroatoms. The van der Waals surface area contributed by atoms with Crippen LogP contribution in [0.3, 0.4) is 0 Å². The molecule has 0 bridgehead atoms. The summed E-state index contributed by atoms with van der Waals surface area (Å²) in [7, 11) is 1.67. The first kappa shape index (κ1) is 24.5. The van der Waals surface area contributed by atoms with Crippen molar-refractivity contribution in [1.82, 2.24) is 24.6 Å². The second-order valence-electron chi connectivity index (χ2n) is 8.89. The maximum atomic E-state index is 13.3. The molecule has 1 atom stereocenters. The molecule has 3 aromatic rings. The standard InChI is InChI=1S/C24H26FN5O4S/c1-13(2)30-17(10-28(4)14(3)31)11-29-12-18(21(32)22(33)20(29)24(30)34)23-27-26-19(35-23)9-15-5-7-16(25)8-6-15/h5-8,12-13,17,33H,9-11H2,1-4H3/t17-/m1/s1. The number of amides is 2. The average molecular weight is 500 g/mol. The summed E-state index contributed by atoms with van der Waals surface area (Å²) in [6.07, 6.45) is 1.94. The average Bonchev–Trinajstić information content (AvgIpc) is 3.25. The Hall–Kier alpha value is -3.60. The lowest BCUT2D eigenvalue weighted by atomic mass is 10.1. The quantitative estimate of drug-likeness (QED) is 0.558. The zero-order valence-corrected chi connectivity index (χ0v) is 20.7. The molecule has 0 radical (unpaired) electrons. The largest absolute Gasteiger partial charge is 0.503 e. The highest BCUT2D eigenvalue weighted by Gasteiger charge is 2.38. The summed E-state index contributed by atoms with van der Waals surface area (Å²) in [5, 5.41) is 20.0. The van der Waals surface area contributed by atoms with Gasteiger partial charge in [0.05, 0.1) is 11.6 Å². The smallest absolute Gasteiger partial charge is 0.275 e.